The smallest absolute Gasteiger partial charge is 0.0638 e. The van der Waals surface area contributed by atoms with Crippen LogP contribution < -0.4 is 5.32 Å². The molecule has 1 fully saturated rings. The highest BCUT2D eigenvalue weighted by Gasteiger charge is 2.23. The fraction of sp³-hybridized carbons (Fsp3) is 0.929. The molecule has 1 heterocycles. The fourth-order valence-corrected chi connectivity index (χ4v) is 2.72. The number of nitriles is 1. The average molecular weight is 237 g/mol. The second-order valence-electron chi connectivity index (χ2n) is 5.36. The summed E-state index contributed by atoms with van der Waals surface area (Å²) in [6.45, 7) is 8.92. The van der Waals surface area contributed by atoms with Gasteiger partial charge in [0.1, 0.15) is 0 Å². The van der Waals surface area contributed by atoms with Crippen LogP contribution in [0.15, 0.2) is 0 Å². The summed E-state index contributed by atoms with van der Waals surface area (Å²) in [7, 11) is 0. The van der Waals surface area contributed by atoms with Crippen molar-refractivity contribution in [1.29, 1.82) is 5.26 Å². The van der Waals surface area contributed by atoms with Crippen molar-refractivity contribution in [2.45, 2.75) is 71.0 Å². The zero-order valence-corrected chi connectivity index (χ0v) is 11.6. The van der Waals surface area contributed by atoms with Crippen LogP contribution in [-0.2, 0) is 0 Å². The Bertz CT molecular complexity index is 238. The van der Waals surface area contributed by atoms with Crippen molar-refractivity contribution >= 4 is 0 Å². The Morgan fingerprint density at radius 3 is 2.65 bits per heavy atom. The molecule has 3 heteroatoms. The van der Waals surface area contributed by atoms with Gasteiger partial charge in [-0.05, 0) is 39.7 Å². The van der Waals surface area contributed by atoms with Crippen LogP contribution in [0.4, 0.5) is 0 Å². The summed E-state index contributed by atoms with van der Waals surface area (Å²) in [6, 6.07) is 3.90. The van der Waals surface area contributed by atoms with E-state index in [2.05, 4.69) is 37.1 Å². The van der Waals surface area contributed by atoms with Crippen molar-refractivity contribution in [2.75, 3.05) is 13.1 Å². The zero-order chi connectivity index (χ0) is 12.7. The number of nitrogens with zero attached hydrogens (tertiary/aromatic N) is 2. The van der Waals surface area contributed by atoms with E-state index in [0.29, 0.717) is 24.5 Å². The predicted octanol–water partition coefficient (Wildman–Crippen LogP) is 2.53. The third kappa shape index (κ3) is 4.65. The maximum Gasteiger partial charge on any atom is 0.0638 e. The van der Waals surface area contributed by atoms with E-state index in [4.69, 9.17) is 5.26 Å². The lowest BCUT2D eigenvalue weighted by atomic mass is 10.0. The van der Waals surface area contributed by atoms with Crippen LogP contribution >= 0.6 is 0 Å². The molecule has 0 amide bonds. The van der Waals surface area contributed by atoms with Crippen LogP contribution in [-0.4, -0.2) is 36.1 Å². The molecule has 0 aromatic heterocycles. The maximum absolute atomic E-state index is 8.91. The fourth-order valence-electron chi connectivity index (χ4n) is 2.72. The average Bonchev–Trinajstić information content (AvgIpc) is 2.34. The van der Waals surface area contributed by atoms with Gasteiger partial charge >= 0.3 is 0 Å². The van der Waals surface area contributed by atoms with Gasteiger partial charge in [0.2, 0.25) is 0 Å². The highest BCUT2D eigenvalue weighted by Crippen LogP contribution is 2.16. The Balaban J connectivity index is 2.54. The van der Waals surface area contributed by atoms with Gasteiger partial charge < -0.3 is 5.32 Å². The van der Waals surface area contributed by atoms with Crippen molar-refractivity contribution in [2.24, 2.45) is 0 Å². The zero-order valence-electron chi connectivity index (χ0n) is 11.6. The molecule has 1 aliphatic rings. The molecule has 1 rings (SSSR count). The first kappa shape index (κ1) is 14.5. The minimum atomic E-state index is 0.420. The van der Waals surface area contributed by atoms with Gasteiger partial charge in [-0.15, -0.1) is 0 Å². The van der Waals surface area contributed by atoms with Crippen molar-refractivity contribution in [3.8, 4) is 6.07 Å². The van der Waals surface area contributed by atoms with E-state index < -0.39 is 0 Å². The number of hydrogen-bond acceptors (Lipinski definition) is 3. The summed E-state index contributed by atoms with van der Waals surface area (Å²) >= 11 is 0. The van der Waals surface area contributed by atoms with Crippen molar-refractivity contribution in [3.05, 3.63) is 0 Å². The Morgan fingerprint density at radius 2 is 2.18 bits per heavy atom. The van der Waals surface area contributed by atoms with E-state index in [1.165, 1.54) is 19.3 Å². The second kappa shape index (κ2) is 7.68. The number of rotatable bonds is 6. The molecule has 0 saturated carbocycles. The molecule has 0 spiro atoms. The van der Waals surface area contributed by atoms with Gasteiger partial charge in [-0.1, -0.05) is 13.3 Å². The lowest BCUT2D eigenvalue weighted by Crippen LogP contribution is -2.49. The third-order valence-electron chi connectivity index (χ3n) is 3.77. The summed E-state index contributed by atoms with van der Waals surface area (Å²) in [5.41, 5.74) is 0. The molecule has 0 bridgehead atoms. The number of nitrogens with one attached hydrogen (secondary N) is 1. The first-order chi connectivity index (χ1) is 8.19. The van der Waals surface area contributed by atoms with Crippen molar-refractivity contribution in [3.63, 3.8) is 0 Å². The normalized spacial score (nSPS) is 22.7. The highest BCUT2D eigenvalue weighted by molar-refractivity contribution is 4.86. The molecule has 0 aliphatic carbocycles. The van der Waals surface area contributed by atoms with Gasteiger partial charge in [0.05, 0.1) is 12.5 Å². The van der Waals surface area contributed by atoms with Crippen LogP contribution in [0.1, 0.15) is 52.9 Å². The number of hydrogen-bond donors (Lipinski definition) is 1. The van der Waals surface area contributed by atoms with E-state index in [0.717, 1.165) is 19.5 Å². The Hall–Kier alpha value is -0.590. The van der Waals surface area contributed by atoms with Gasteiger partial charge in [0, 0.05) is 24.7 Å². The van der Waals surface area contributed by atoms with Gasteiger partial charge in [0.15, 0.2) is 0 Å². The van der Waals surface area contributed by atoms with E-state index in [-0.39, 0.29) is 0 Å². The molecule has 0 radical (unpaired) electrons. The first-order valence-corrected chi connectivity index (χ1v) is 7.05. The van der Waals surface area contributed by atoms with E-state index >= 15 is 0 Å². The molecule has 1 N–H and O–H groups in total. The summed E-state index contributed by atoms with van der Waals surface area (Å²) in [5.74, 6) is 0. The molecule has 1 aliphatic heterocycles. The van der Waals surface area contributed by atoms with E-state index in [9.17, 15) is 0 Å². The summed E-state index contributed by atoms with van der Waals surface area (Å²) in [4.78, 5) is 2.51. The lowest BCUT2D eigenvalue weighted by Gasteiger charge is -2.37. The van der Waals surface area contributed by atoms with E-state index in [1.807, 2.05) is 0 Å². The van der Waals surface area contributed by atoms with E-state index in [1.54, 1.807) is 0 Å². The van der Waals surface area contributed by atoms with Crippen LogP contribution in [0.25, 0.3) is 0 Å². The molecule has 98 valence electrons. The van der Waals surface area contributed by atoms with Crippen molar-refractivity contribution < 1.29 is 0 Å². The third-order valence-corrected chi connectivity index (χ3v) is 3.77. The molecule has 3 nitrogen and oxygen atoms in total. The van der Waals surface area contributed by atoms with Gasteiger partial charge in [-0.25, -0.2) is 0 Å². The standard InChI is InChI=1S/C14H27N3/c1-4-14(8-9-15)17(12(2)3)11-13-7-5-6-10-16-13/h12-14,16H,4-8,10-11H2,1-3H3. The molecular formula is C14H27N3. The molecule has 0 aromatic rings. The van der Waals surface area contributed by atoms with Gasteiger partial charge in [-0.3, -0.25) is 4.90 Å². The predicted molar refractivity (Wildman–Crippen MR) is 71.8 cm³/mol. The topological polar surface area (TPSA) is 39.1 Å². The van der Waals surface area contributed by atoms with Crippen LogP contribution in [0.5, 0.6) is 0 Å². The molecule has 0 aromatic carbocycles. The molecule has 1 saturated heterocycles. The Labute approximate surface area is 106 Å². The lowest BCUT2D eigenvalue weighted by molar-refractivity contribution is 0.126. The summed E-state index contributed by atoms with van der Waals surface area (Å²) in [6.07, 6.45) is 5.66. The van der Waals surface area contributed by atoms with Crippen LogP contribution in [0.3, 0.4) is 0 Å². The maximum atomic E-state index is 8.91. The minimum absolute atomic E-state index is 0.420. The molecular weight excluding hydrogens is 210 g/mol. The SMILES string of the molecule is CCC(CC#N)N(CC1CCCCN1)C(C)C. The minimum Gasteiger partial charge on any atom is -0.313 e. The van der Waals surface area contributed by atoms with Gasteiger partial charge in [0.25, 0.3) is 0 Å². The summed E-state index contributed by atoms with van der Waals surface area (Å²) in [5, 5.41) is 12.5. The highest BCUT2D eigenvalue weighted by atomic mass is 15.2. The quantitative estimate of drug-likeness (QED) is 0.771. The van der Waals surface area contributed by atoms with Gasteiger partial charge in [-0.2, -0.15) is 5.26 Å². The second-order valence-corrected chi connectivity index (χ2v) is 5.36. The largest absolute Gasteiger partial charge is 0.313 e. The Kier molecular flexibility index (Phi) is 6.54. The molecule has 2 atom stereocenters. The summed E-state index contributed by atoms with van der Waals surface area (Å²) < 4.78 is 0. The number of piperidine rings is 1. The van der Waals surface area contributed by atoms with Crippen molar-refractivity contribution in [1.82, 2.24) is 10.2 Å². The first-order valence-electron chi connectivity index (χ1n) is 7.05. The molecule has 17 heavy (non-hydrogen) atoms. The van der Waals surface area contributed by atoms with Crippen LogP contribution in [0.2, 0.25) is 0 Å². The monoisotopic (exact) mass is 237 g/mol. The molecule has 2 unspecified atom stereocenters. The van der Waals surface area contributed by atoms with Crippen LogP contribution in [0, 0.1) is 11.3 Å². The Morgan fingerprint density at radius 1 is 1.41 bits per heavy atom.